The average molecular weight is 401 g/mol. The Morgan fingerprint density at radius 2 is 2.00 bits per heavy atom. The van der Waals surface area contributed by atoms with Crippen molar-refractivity contribution in [3.8, 4) is 6.07 Å². The number of aromatic nitrogens is 1. The second-order valence-corrected chi connectivity index (χ2v) is 8.14. The molecule has 158 valence electrons. The first-order valence-corrected chi connectivity index (χ1v) is 10.8. The molecule has 3 aliphatic rings. The summed E-state index contributed by atoms with van der Waals surface area (Å²) in [6.45, 7) is 8.61. The topological polar surface area (TPSA) is 85.7 Å². The van der Waals surface area contributed by atoms with E-state index in [9.17, 15) is 5.26 Å². The summed E-state index contributed by atoms with van der Waals surface area (Å²) in [5.41, 5.74) is 3.01. The number of nitrogens with one attached hydrogen (secondary N) is 2. The molecule has 0 saturated carbocycles. The lowest BCUT2D eigenvalue weighted by Gasteiger charge is -2.29. The Labute approximate surface area is 173 Å². The van der Waals surface area contributed by atoms with Gasteiger partial charge in [0, 0.05) is 58.0 Å². The summed E-state index contributed by atoms with van der Waals surface area (Å²) < 4.78 is 11.2. The van der Waals surface area contributed by atoms with Crippen molar-refractivity contribution in [2.75, 3.05) is 76.8 Å². The molecule has 1 atom stereocenters. The molecule has 0 aromatic carbocycles. The molecule has 0 radical (unpaired) electrons. The van der Waals surface area contributed by atoms with Crippen LogP contribution in [0.4, 0.5) is 11.6 Å². The predicted octanol–water partition coefficient (Wildman–Crippen LogP) is 1.28. The van der Waals surface area contributed by atoms with Crippen LogP contribution in [0, 0.1) is 11.3 Å². The van der Waals surface area contributed by atoms with Crippen LogP contribution in [0.5, 0.6) is 0 Å². The normalized spacial score (nSPS) is 22.8. The molecule has 8 nitrogen and oxygen atoms in total. The van der Waals surface area contributed by atoms with Gasteiger partial charge in [-0.1, -0.05) is 0 Å². The summed E-state index contributed by atoms with van der Waals surface area (Å²) in [6, 6.07) is 2.42. The highest BCUT2D eigenvalue weighted by molar-refractivity contribution is 5.66. The van der Waals surface area contributed by atoms with Crippen LogP contribution in [0.2, 0.25) is 0 Å². The Kier molecular flexibility index (Phi) is 6.82. The molecule has 4 heterocycles. The fraction of sp³-hybridized carbons (Fsp3) is 0.714. The van der Waals surface area contributed by atoms with Gasteiger partial charge in [-0.15, -0.1) is 0 Å². The molecule has 2 saturated heterocycles. The molecule has 8 heteroatoms. The standard InChI is InChI=1S/C21H32N6O2/c1-26-6-4-17-18(13-22)20(23-5-7-27-8-11-28-12-9-27)25-21(19(17)15-26)24-14-16-3-2-10-29-16/h16H,2-12,14-15H2,1H3,(H2,23,24,25)/t16-/m1/s1. The van der Waals surface area contributed by atoms with Crippen molar-refractivity contribution in [1.82, 2.24) is 14.8 Å². The first-order valence-electron chi connectivity index (χ1n) is 10.8. The van der Waals surface area contributed by atoms with E-state index in [1.54, 1.807) is 0 Å². The molecule has 0 amide bonds. The molecular formula is C21H32N6O2. The zero-order valence-corrected chi connectivity index (χ0v) is 17.4. The number of likely N-dealkylation sites (N-methyl/N-ethyl adjacent to an activating group) is 1. The van der Waals surface area contributed by atoms with Gasteiger partial charge in [-0.2, -0.15) is 5.26 Å². The maximum absolute atomic E-state index is 9.87. The van der Waals surface area contributed by atoms with Crippen LogP contribution in [0.3, 0.4) is 0 Å². The maximum Gasteiger partial charge on any atom is 0.146 e. The Hall–Kier alpha value is -1.92. The average Bonchev–Trinajstić information content (AvgIpc) is 3.26. The number of hydrogen-bond acceptors (Lipinski definition) is 8. The third kappa shape index (κ3) is 4.98. The number of ether oxygens (including phenoxy) is 2. The second kappa shape index (κ2) is 9.72. The van der Waals surface area contributed by atoms with Crippen molar-refractivity contribution in [2.24, 2.45) is 0 Å². The predicted molar refractivity (Wildman–Crippen MR) is 112 cm³/mol. The summed E-state index contributed by atoms with van der Waals surface area (Å²) in [5, 5.41) is 16.8. The molecule has 29 heavy (non-hydrogen) atoms. The fourth-order valence-corrected chi connectivity index (χ4v) is 4.34. The van der Waals surface area contributed by atoms with Crippen LogP contribution in [0.15, 0.2) is 0 Å². The summed E-state index contributed by atoms with van der Waals surface area (Å²) in [5.74, 6) is 1.61. The first kappa shape index (κ1) is 20.4. The van der Waals surface area contributed by atoms with Gasteiger partial charge in [-0.3, -0.25) is 4.90 Å². The van der Waals surface area contributed by atoms with Crippen LogP contribution in [-0.2, 0) is 22.4 Å². The Morgan fingerprint density at radius 3 is 2.76 bits per heavy atom. The minimum atomic E-state index is 0.252. The molecule has 0 unspecified atom stereocenters. The number of nitriles is 1. The third-order valence-electron chi connectivity index (χ3n) is 6.04. The van der Waals surface area contributed by atoms with E-state index in [1.165, 1.54) is 0 Å². The van der Waals surface area contributed by atoms with Crippen molar-refractivity contribution in [3.63, 3.8) is 0 Å². The smallest absolute Gasteiger partial charge is 0.146 e. The lowest BCUT2D eigenvalue weighted by molar-refractivity contribution is 0.0398. The van der Waals surface area contributed by atoms with Crippen LogP contribution in [0.1, 0.15) is 29.5 Å². The third-order valence-corrected chi connectivity index (χ3v) is 6.04. The largest absolute Gasteiger partial charge is 0.379 e. The molecule has 3 aliphatic heterocycles. The number of pyridine rings is 1. The molecule has 1 aromatic heterocycles. The van der Waals surface area contributed by atoms with Gasteiger partial charge < -0.3 is 25.0 Å². The number of hydrogen-bond donors (Lipinski definition) is 2. The van der Waals surface area contributed by atoms with Crippen LogP contribution in [0.25, 0.3) is 0 Å². The first-order chi connectivity index (χ1) is 14.2. The van der Waals surface area contributed by atoms with Gasteiger partial charge in [0.15, 0.2) is 0 Å². The maximum atomic E-state index is 9.87. The highest BCUT2D eigenvalue weighted by Gasteiger charge is 2.25. The number of nitrogens with zero attached hydrogens (tertiary/aromatic N) is 4. The van der Waals surface area contributed by atoms with Crippen molar-refractivity contribution >= 4 is 11.6 Å². The lowest BCUT2D eigenvalue weighted by Crippen LogP contribution is -2.39. The van der Waals surface area contributed by atoms with Crippen LogP contribution >= 0.6 is 0 Å². The van der Waals surface area contributed by atoms with Gasteiger partial charge in [0.1, 0.15) is 17.7 Å². The molecule has 4 rings (SSSR count). The van der Waals surface area contributed by atoms with E-state index in [-0.39, 0.29) is 6.10 Å². The van der Waals surface area contributed by atoms with Gasteiger partial charge in [-0.05, 0) is 31.9 Å². The fourth-order valence-electron chi connectivity index (χ4n) is 4.34. The number of anilines is 2. The van der Waals surface area contributed by atoms with Crippen molar-refractivity contribution in [3.05, 3.63) is 16.7 Å². The van der Waals surface area contributed by atoms with E-state index in [0.717, 1.165) is 102 Å². The Bertz CT molecular complexity index is 738. The molecule has 1 aromatic rings. The van der Waals surface area contributed by atoms with E-state index in [2.05, 4.69) is 33.6 Å². The van der Waals surface area contributed by atoms with Gasteiger partial charge in [0.2, 0.25) is 0 Å². The molecular weight excluding hydrogens is 368 g/mol. The van der Waals surface area contributed by atoms with E-state index in [4.69, 9.17) is 14.5 Å². The summed E-state index contributed by atoms with van der Waals surface area (Å²) >= 11 is 0. The van der Waals surface area contributed by atoms with E-state index in [0.29, 0.717) is 11.4 Å². The minimum absolute atomic E-state index is 0.252. The van der Waals surface area contributed by atoms with Crippen molar-refractivity contribution < 1.29 is 9.47 Å². The van der Waals surface area contributed by atoms with E-state index in [1.807, 2.05) is 0 Å². The van der Waals surface area contributed by atoms with Gasteiger partial charge in [0.25, 0.3) is 0 Å². The molecule has 2 N–H and O–H groups in total. The van der Waals surface area contributed by atoms with Crippen molar-refractivity contribution in [1.29, 1.82) is 5.26 Å². The zero-order valence-electron chi connectivity index (χ0n) is 17.4. The zero-order chi connectivity index (χ0) is 20.1. The van der Waals surface area contributed by atoms with Gasteiger partial charge in [-0.25, -0.2) is 4.98 Å². The van der Waals surface area contributed by atoms with Gasteiger partial charge in [0.05, 0.1) is 24.9 Å². The molecule has 0 spiro atoms. The van der Waals surface area contributed by atoms with E-state index >= 15 is 0 Å². The number of morpholine rings is 1. The molecule has 2 fully saturated rings. The number of rotatable bonds is 7. The second-order valence-electron chi connectivity index (χ2n) is 8.14. The lowest BCUT2D eigenvalue weighted by atomic mass is 9.96. The Balaban J connectivity index is 1.51. The monoisotopic (exact) mass is 400 g/mol. The molecule has 0 bridgehead atoms. The summed E-state index contributed by atoms with van der Waals surface area (Å²) in [6.07, 6.45) is 3.35. The van der Waals surface area contributed by atoms with Crippen LogP contribution in [-0.4, -0.2) is 87.0 Å². The number of fused-ring (bicyclic) bond motifs is 1. The van der Waals surface area contributed by atoms with Gasteiger partial charge >= 0.3 is 0 Å². The van der Waals surface area contributed by atoms with Crippen molar-refractivity contribution in [2.45, 2.75) is 31.9 Å². The quantitative estimate of drug-likeness (QED) is 0.708. The highest BCUT2D eigenvalue weighted by atomic mass is 16.5. The highest BCUT2D eigenvalue weighted by Crippen LogP contribution is 2.31. The van der Waals surface area contributed by atoms with E-state index < -0.39 is 0 Å². The summed E-state index contributed by atoms with van der Waals surface area (Å²) in [7, 11) is 2.12. The SMILES string of the molecule is CN1CCc2c(C#N)c(NCCN3CCOCC3)nc(NC[C@H]3CCCO3)c2C1. The Morgan fingerprint density at radius 1 is 1.14 bits per heavy atom. The van der Waals surface area contributed by atoms with Crippen LogP contribution < -0.4 is 10.6 Å². The summed E-state index contributed by atoms with van der Waals surface area (Å²) in [4.78, 5) is 9.53. The minimum Gasteiger partial charge on any atom is -0.379 e. The molecule has 0 aliphatic carbocycles.